The zero-order chi connectivity index (χ0) is 21.5. The molecule has 0 amide bonds. The molecule has 2 aromatic carbocycles. The minimum Gasteiger partial charge on any atom is -0.491 e. The van der Waals surface area contributed by atoms with Gasteiger partial charge in [0.1, 0.15) is 5.75 Å². The summed E-state index contributed by atoms with van der Waals surface area (Å²) in [4.78, 5) is 7.28. The van der Waals surface area contributed by atoms with E-state index < -0.39 is 0 Å². The molecule has 0 bridgehead atoms. The lowest BCUT2D eigenvalue weighted by molar-refractivity contribution is 0.241. The van der Waals surface area contributed by atoms with Crippen LogP contribution in [-0.2, 0) is 6.42 Å². The van der Waals surface area contributed by atoms with Crippen molar-refractivity contribution >= 4 is 0 Å². The van der Waals surface area contributed by atoms with Crippen LogP contribution in [0.4, 0.5) is 0 Å². The minimum absolute atomic E-state index is 0.139. The van der Waals surface area contributed by atoms with Crippen LogP contribution in [-0.4, -0.2) is 40.3 Å². The Morgan fingerprint density at radius 1 is 1.19 bits per heavy atom. The number of nitrogens with zero attached hydrogens (tertiary/aromatic N) is 3. The molecule has 1 aliphatic heterocycles. The Labute approximate surface area is 183 Å². The van der Waals surface area contributed by atoms with E-state index in [0.29, 0.717) is 23.8 Å². The summed E-state index contributed by atoms with van der Waals surface area (Å²) >= 11 is 0. The lowest BCUT2D eigenvalue weighted by atomic mass is 10.0. The number of hydrogen-bond donors (Lipinski definition) is 1. The fourth-order valence-electron chi connectivity index (χ4n) is 4.94. The van der Waals surface area contributed by atoms with Crippen molar-refractivity contribution in [2.75, 3.05) is 13.1 Å². The summed E-state index contributed by atoms with van der Waals surface area (Å²) in [6.07, 6.45) is 3.38. The van der Waals surface area contributed by atoms with Crippen LogP contribution >= 0.6 is 0 Å². The molecule has 1 fully saturated rings. The number of ether oxygens (including phenoxy) is 1. The molecule has 5 rings (SSSR count). The SMILES string of the molecule is Cc1cc(-c2nc(-c3cccc4c3CCC4N3CCC(N)C3)no2)ccc1OC(C)C. The smallest absolute Gasteiger partial charge is 0.258 e. The highest BCUT2D eigenvalue weighted by atomic mass is 16.5. The number of benzene rings is 2. The van der Waals surface area contributed by atoms with Gasteiger partial charge in [0.05, 0.1) is 6.10 Å². The number of aryl methyl sites for hydroxylation is 1. The van der Waals surface area contributed by atoms with Crippen LogP contribution in [0, 0.1) is 6.92 Å². The zero-order valence-electron chi connectivity index (χ0n) is 18.5. The lowest BCUT2D eigenvalue weighted by Crippen LogP contribution is -2.29. The summed E-state index contributed by atoms with van der Waals surface area (Å²) in [5.41, 5.74) is 11.9. The Kier molecular flexibility index (Phi) is 5.28. The molecule has 1 saturated heterocycles. The molecule has 2 atom stereocenters. The molecule has 2 N–H and O–H groups in total. The summed E-state index contributed by atoms with van der Waals surface area (Å²) in [5.74, 6) is 2.07. The maximum absolute atomic E-state index is 6.15. The number of nitrogens with two attached hydrogens (primary N) is 1. The van der Waals surface area contributed by atoms with E-state index in [1.54, 1.807) is 0 Å². The van der Waals surface area contributed by atoms with Gasteiger partial charge in [-0.2, -0.15) is 4.98 Å². The van der Waals surface area contributed by atoms with Crippen LogP contribution < -0.4 is 10.5 Å². The molecular weight excluding hydrogens is 388 g/mol. The largest absolute Gasteiger partial charge is 0.491 e. The van der Waals surface area contributed by atoms with Crippen LogP contribution in [0.2, 0.25) is 0 Å². The van der Waals surface area contributed by atoms with Crippen LogP contribution in [0.25, 0.3) is 22.8 Å². The van der Waals surface area contributed by atoms with Gasteiger partial charge in [0.2, 0.25) is 5.82 Å². The predicted molar refractivity (Wildman–Crippen MR) is 121 cm³/mol. The topological polar surface area (TPSA) is 77.4 Å². The second kappa shape index (κ2) is 8.09. The molecular formula is C25H30N4O2. The van der Waals surface area contributed by atoms with Crippen molar-refractivity contribution in [1.82, 2.24) is 15.0 Å². The monoisotopic (exact) mass is 418 g/mol. The Hall–Kier alpha value is -2.70. The fourth-order valence-corrected chi connectivity index (χ4v) is 4.94. The molecule has 2 heterocycles. The molecule has 3 aromatic rings. The standard InChI is InChI=1S/C25H30N4O2/c1-15(2)30-23-10-7-17(13-16(23)3)25-27-24(28-31-25)21-6-4-5-20-19(21)8-9-22(20)29-12-11-18(26)14-29/h4-7,10,13,15,18,22H,8-9,11-12,14,26H2,1-3H3. The Bertz CT molecular complexity index is 1090. The maximum Gasteiger partial charge on any atom is 0.258 e. The van der Waals surface area contributed by atoms with Gasteiger partial charge in [0.25, 0.3) is 5.89 Å². The van der Waals surface area contributed by atoms with E-state index in [4.69, 9.17) is 20.0 Å². The number of likely N-dealkylation sites (tertiary alicyclic amines) is 1. The number of hydrogen-bond acceptors (Lipinski definition) is 6. The van der Waals surface area contributed by atoms with Gasteiger partial charge in [0, 0.05) is 36.3 Å². The molecule has 1 aromatic heterocycles. The first-order chi connectivity index (χ1) is 15.0. The third-order valence-electron chi connectivity index (χ3n) is 6.39. The second-order valence-corrected chi connectivity index (χ2v) is 9.04. The third-order valence-corrected chi connectivity index (χ3v) is 6.39. The average molecular weight is 419 g/mol. The summed E-state index contributed by atoms with van der Waals surface area (Å²) in [6, 6.07) is 13.2. The molecule has 0 saturated carbocycles. The van der Waals surface area contributed by atoms with Gasteiger partial charge in [-0.25, -0.2) is 0 Å². The van der Waals surface area contributed by atoms with Crippen molar-refractivity contribution in [1.29, 1.82) is 0 Å². The van der Waals surface area contributed by atoms with E-state index in [0.717, 1.165) is 54.8 Å². The molecule has 0 radical (unpaired) electrons. The minimum atomic E-state index is 0.139. The first kappa shape index (κ1) is 20.2. The molecule has 2 aliphatic rings. The van der Waals surface area contributed by atoms with E-state index >= 15 is 0 Å². The maximum atomic E-state index is 6.15. The van der Waals surface area contributed by atoms with Gasteiger partial charge in [-0.05, 0) is 74.9 Å². The molecule has 6 heteroatoms. The second-order valence-electron chi connectivity index (χ2n) is 9.04. The molecule has 162 valence electrons. The van der Waals surface area contributed by atoms with Gasteiger partial charge < -0.3 is 15.0 Å². The van der Waals surface area contributed by atoms with E-state index in [1.165, 1.54) is 11.1 Å². The molecule has 6 nitrogen and oxygen atoms in total. The van der Waals surface area contributed by atoms with Crippen LogP contribution in [0.3, 0.4) is 0 Å². The van der Waals surface area contributed by atoms with Crippen molar-refractivity contribution in [3.8, 4) is 28.6 Å². The number of fused-ring (bicyclic) bond motifs is 1. The summed E-state index contributed by atoms with van der Waals surface area (Å²) < 4.78 is 11.5. The lowest BCUT2D eigenvalue weighted by Gasteiger charge is -2.24. The Morgan fingerprint density at radius 3 is 2.81 bits per heavy atom. The Morgan fingerprint density at radius 2 is 2.06 bits per heavy atom. The van der Waals surface area contributed by atoms with Crippen molar-refractivity contribution in [2.45, 2.75) is 58.2 Å². The van der Waals surface area contributed by atoms with Crippen LogP contribution in [0.1, 0.15) is 49.4 Å². The van der Waals surface area contributed by atoms with Crippen LogP contribution in [0.15, 0.2) is 40.9 Å². The summed E-state index contributed by atoms with van der Waals surface area (Å²) in [6.45, 7) is 8.15. The van der Waals surface area contributed by atoms with Gasteiger partial charge in [-0.1, -0.05) is 23.4 Å². The zero-order valence-corrected chi connectivity index (χ0v) is 18.5. The van der Waals surface area contributed by atoms with E-state index in [1.807, 2.05) is 39.0 Å². The van der Waals surface area contributed by atoms with Crippen molar-refractivity contribution in [3.05, 3.63) is 53.1 Å². The van der Waals surface area contributed by atoms with E-state index in [-0.39, 0.29) is 6.10 Å². The summed E-state index contributed by atoms with van der Waals surface area (Å²) in [5, 5.41) is 4.32. The highest BCUT2D eigenvalue weighted by Crippen LogP contribution is 2.41. The number of rotatable bonds is 5. The quantitative estimate of drug-likeness (QED) is 0.656. The van der Waals surface area contributed by atoms with Crippen LogP contribution in [0.5, 0.6) is 5.75 Å². The molecule has 1 aliphatic carbocycles. The number of aromatic nitrogens is 2. The van der Waals surface area contributed by atoms with E-state index in [9.17, 15) is 0 Å². The normalized spacial score (nSPS) is 21.1. The van der Waals surface area contributed by atoms with Crippen molar-refractivity contribution in [2.24, 2.45) is 5.73 Å². The van der Waals surface area contributed by atoms with Gasteiger partial charge >= 0.3 is 0 Å². The van der Waals surface area contributed by atoms with Gasteiger partial charge in [0.15, 0.2) is 0 Å². The van der Waals surface area contributed by atoms with Crippen molar-refractivity contribution in [3.63, 3.8) is 0 Å². The highest BCUT2D eigenvalue weighted by molar-refractivity contribution is 5.66. The molecule has 31 heavy (non-hydrogen) atoms. The van der Waals surface area contributed by atoms with E-state index in [2.05, 4.69) is 28.3 Å². The third kappa shape index (κ3) is 3.86. The first-order valence-electron chi connectivity index (χ1n) is 11.2. The van der Waals surface area contributed by atoms with Crippen molar-refractivity contribution < 1.29 is 9.26 Å². The summed E-state index contributed by atoms with van der Waals surface area (Å²) in [7, 11) is 0. The molecule has 0 spiro atoms. The fraction of sp³-hybridized carbons (Fsp3) is 0.440. The average Bonchev–Trinajstić information content (AvgIpc) is 3.48. The van der Waals surface area contributed by atoms with Gasteiger partial charge in [-0.15, -0.1) is 0 Å². The Balaban J connectivity index is 1.42. The molecule has 2 unspecified atom stereocenters. The van der Waals surface area contributed by atoms with Gasteiger partial charge in [-0.3, -0.25) is 4.90 Å². The predicted octanol–water partition coefficient (Wildman–Crippen LogP) is 4.52. The first-order valence-corrected chi connectivity index (χ1v) is 11.2. The highest BCUT2D eigenvalue weighted by Gasteiger charge is 2.33.